The Bertz CT molecular complexity index is 463. The highest BCUT2D eigenvalue weighted by atomic mass is 16.1. The van der Waals surface area contributed by atoms with Gasteiger partial charge in [0, 0.05) is 30.3 Å². The molecule has 4 heteroatoms. The monoisotopic (exact) mass is 246 g/mol. The van der Waals surface area contributed by atoms with Crippen LogP contribution in [-0.2, 0) is 4.79 Å². The van der Waals surface area contributed by atoms with Crippen molar-refractivity contribution in [3.8, 4) is 0 Å². The zero-order valence-corrected chi connectivity index (χ0v) is 10.6. The number of primary amides is 1. The van der Waals surface area contributed by atoms with Gasteiger partial charge >= 0.3 is 0 Å². The van der Waals surface area contributed by atoms with Crippen LogP contribution in [0.4, 0.5) is 5.69 Å². The first-order chi connectivity index (χ1) is 8.59. The second-order valence-corrected chi connectivity index (χ2v) is 4.74. The van der Waals surface area contributed by atoms with E-state index in [-0.39, 0.29) is 17.6 Å². The average molecular weight is 246 g/mol. The molecule has 0 spiro atoms. The number of benzene rings is 1. The molecule has 1 fully saturated rings. The fraction of sp³-hybridized carbons (Fsp3) is 0.429. The van der Waals surface area contributed by atoms with Crippen LogP contribution < -0.4 is 10.6 Å². The van der Waals surface area contributed by atoms with Crippen LogP contribution in [-0.4, -0.2) is 24.8 Å². The quantitative estimate of drug-likeness (QED) is 0.824. The van der Waals surface area contributed by atoms with Gasteiger partial charge in [0.25, 0.3) is 0 Å². The Labute approximate surface area is 107 Å². The van der Waals surface area contributed by atoms with E-state index in [2.05, 4.69) is 4.90 Å². The highest BCUT2D eigenvalue weighted by Crippen LogP contribution is 2.26. The molecule has 4 nitrogen and oxygen atoms in total. The number of carbonyl (C=O) groups is 2. The van der Waals surface area contributed by atoms with Gasteiger partial charge in [-0.25, -0.2) is 0 Å². The summed E-state index contributed by atoms with van der Waals surface area (Å²) in [6.45, 7) is 3.13. The SMILES string of the molecule is CC(=O)c1ccccc1N1CCC(C(N)=O)CC1. The average Bonchev–Trinajstić information content (AvgIpc) is 2.39. The number of rotatable bonds is 3. The summed E-state index contributed by atoms with van der Waals surface area (Å²) < 4.78 is 0. The van der Waals surface area contributed by atoms with Gasteiger partial charge in [-0.1, -0.05) is 12.1 Å². The maximum absolute atomic E-state index is 11.6. The number of nitrogens with two attached hydrogens (primary N) is 1. The number of Topliss-reactive ketones (excluding diaryl/α,β-unsaturated/α-hetero) is 1. The minimum atomic E-state index is -0.213. The molecular weight excluding hydrogens is 228 g/mol. The Kier molecular flexibility index (Phi) is 3.65. The molecule has 2 rings (SSSR count). The van der Waals surface area contributed by atoms with Crippen LogP contribution in [0.5, 0.6) is 0 Å². The van der Waals surface area contributed by atoms with E-state index in [1.54, 1.807) is 6.92 Å². The van der Waals surface area contributed by atoms with Crippen LogP contribution in [0.15, 0.2) is 24.3 Å². The fourth-order valence-corrected chi connectivity index (χ4v) is 2.45. The maximum atomic E-state index is 11.6. The highest BCUT2D eigenvalue weighted by Gasteiger charge is 2.24. The van der Waals surface area contributed by atoms with Gasteiger partial charge in [0.15, 0.2) is 5.78 Å². The van der Waals surface area contributed by atoms with E-state index in [0.29, 0.717) is 0 Å². The van der Waals surface area contributed by atoms with Crippen LogP contribution >= 0.6 is 0 Å². The number of nitrogens with zero attached hydrogens (tertiary/aromatic N) is 1. The van der Waals surface area contributed by atoms with Gasteiger partial charge in [-0.05, 0) is 31.9 Å². The van der Waals surface area contributed by atoms with Gasteiger partial charge in [-0.2, -0.15) is 0 Å². The molecule has 1 heterocycles. The first-order valence-corrected chi connectivity index (χ1v) is 6.24. The van der Waals surface area contributed by atoms with E-state index in [1.165, 1.54) is 0 Å². The number of anilines is 1. The molecule has 1 aromatic carbocycles. The fourth-order valence-electron chi connectivity index (χ4n) is 2.45. The van der Waals surface area contributed by atoms with Gasteiger partial charge in [0.2, 0.25) is 5.91 Å². The van der Waals surface area contributed by atoms with E-state index in [1.807, 2.05) is 24.3 Å². The normalized spacial score (nSPS) is 16.6. The zero-order chi connectivity index (χ0) is 13.1. The van der Waals surface area contributed by atoms with Crippen molar-refractivity contribution >= 4 is 17.4 Å². The maximum Gasteiger partial charge on any atom is 0.220 e. The number of para-hydroxylation sites is 1. The van der Waals surface area contributed by atoms with E-state index >= 15 is 0 Å². The van der Waals surface area contributed by atoms with Gasteiger partial charge in [-0.15, -0.1) is 0 Å². The summed E-state index contributed by atoms with van der Waals surface area (Å²) in [5.41, 5.74) is 7.03. The lowest BCUT2D eigenvalue weighted by Gasteiger charge is -2.33. The number of piperidine rings is 1. The highest BCUT2D eigenvalue weighted by molar-refractivity contribution is 5.99. The van der Waals surface area contributed by atoms with E-state index in [0.717, 1.165) is 37.2 Å². The molecule has 18 heavy (non-hydrogen) atoms. The van der Waals surface area contributed by atoms with E-state index < -0.39 is 0 Å². The molecular formula is C14H18N2O2. The van der Waals surface area contributed by atoms with Gasteiger partial charge in [0.1, 0.15) is 0 Å². The van der Waals surface area contributed by atoms with Crippen molar-refractivity contribution in [3.05, 3.63) is 29.8 Å². The van der Waals surface area contributed by atoms with E-state index in [4.69, 9.17) is 5.73 Å². The molecule has 1 aromatic rings. The second-order valence-electron chi connectivity index (χ2n) is 4.74. The van der Waals surface area contributed by atoms with Crippen molar-refractivity contribution in [1.29, 1.82) is 0 Å². The van der Waals surface area contributed by atoms with Crippen LogP contribution in [0.2, 0.25) is 0 Å². The topological polar surface area (TPSA) is 63.4 Å². The summed E-state index contributed by atoms with van der Waals surface area (Å²) in [4.78, 5) is 24.9. The number of ketones is 1. The molecule has 96 valence electrons. The number of hydrogen-bond acceptors (Lipinski definition) is 3. The summed E-state index contributed by atoms with van der Waals surface area (Å²) in [5, 5.41) is 0. The Morgan fingerprint density at radius 3 is 2.39 bits per heavy atom. The third kappa shape index (κ3) is 2.53. The van der Waals surface area contributed by atoms with Gasteiger partial charge in [-0.3, -0.25) is 9.59 Å². The third-order valence-electron chi connectivity index (χ3n) is 3.52. The Morgan fingerprint density at radius 2 is 1.83 bits per heavy atom. The molecule has 0 atom stereocenters. The number of amides is 1. The van der Waals surface area contributed by atoms with Crippen molar-refractivity contribution in [2.75, 3.05) is 18.0 Å². The Morgan fingerprint density at radius 1 is 1.22 bits per heavy atom. The lowest BCUT2D eigenvalue weighted by Crippen LogP contribution is -2.39. The molecule has 0 bridgehead atoms. The zero-order valence-electron chi connectivity index (χ0n) is 10.6. The van der Waals surface area contributed by atoms with Crippen LogP contribution in [0.25, 0.3) is 0 Å². The molecule has 1 saturated heterocycles. The molecule has 1 amide bonds. The summed E-state index contributed by atoms with van der Waals surface area (Å²) in [6, 6.07) is 7.61. The summed E-state index contributed by atoms with van der Waals surface area (Å²) in [7, 11) is 0. The van der Waals surface area contributed by atoms with Gasteiger partial charge < -0.3 is 10.6 Å². The summed E-state index contributed by atoms with van der Waals surface area (Å²) in [6.07, 6.45) is 1.53. The predicted octanol–water partition coefficient (Wildman–Crippen LogP) is 1.59. The molecule has 0 aliphatic carbocycles. The molecule has 0 unspecified atom stereocenters. The largest absolute Gasteiger partial charge is 0.371 e. The number of hydrogen-bond donors (Lipinski definition) is 1. The van der Waals surface area contributed by atoms with Crippen molar-refractivity contribution in [2.45, 2.75) is 19.8 Å². The molecule has 0 aromatic heterocycles. The second kappa shape index (κ2) is 5.21. The Balaban J connectivity index is 2.15. The van der Waals surface area contributed by atoms with Crippen LogP contribution in [0.3, 0.4) is 0 Å². The van der Waals surface area contributed by atoms with E-state index in [9.17, 15) is 9.59 Å². The summed E-state index contributed by atoms with van der Waals surface area (Å²) in [5.74, 6) is -0.164. The third-order valence-corrected chi connectivity index (χ3v) is 3.52. The minimum Gasteiger partial charge on any atom is -0.371 e. The minimum absolute atomic E-state index is 0.0225. The lowest BCUT2D eigenvalue weighted by atomic mass is 9.95. The lowest BCUT2D eigenvalue weighted by molar-refractivity contribution is -0.122. The van der Waals surface area contributed by atoms with Crippen molar-refractivity contribution < 1.29 is 9.59 Å². The van der Waals surface area contributed by atoms with Crippen molar-refractivity contribution in [1.82, 2.24) is 0 Å². The van der Waals surface area contributed by atoms with Crippen molar-refractivity contribution in [2.24, 2.45) is 11.7 Å². The molecule has 0 saturated carbocycles. The van der Waals surface area contributed by atoms with Crippen LogP contribution in [0.1, 0.15) is 30.1 Å². The molecule has 1 aliphatic rings. The first kappa shape index (κ1) is 12.6. The Hall–Kier alpha value is -1.84. The molecule has 0 radical (unpaired) electrons. The van der Waals surface area contributed by atoms with Crippen LogP contribution in [0, 0.1) is 5.92 Å². The standard InChI is InChI=1S/C14H18N2O2/c1-10(17)12-4-2-3-5-13(12)16-8-6-11(7-9-16)14(15)18/h2-5,11H,6-9H2,1H3,(H2,15,18). The smallest absolute Gasteiger partial charge is 0.220 e. The van der Waals surface area contributed by atoms with Gasteiger partial charge in [0.05, 0.1) is 0 Å². The number of carbonyl (C=O) groups excluding carboxylic acids is 2. The first-order valence-electron chi connectivity index (χ1n) is 6.24. The predicted molar refractivity (Wildman–Crippen MR) is 70.6 cm³/mol. The van der Waals surface area contributed by atoms with Crippen molar-refractivity contribution in [3.63, 3.8) is 0 Å². The molecule has 2 N–H and O–H groups in total. The molecule has 1 aliphatic heterocycles. The summed E-state index contributed by atoms with van der Waals surface area (Å²) >= 11 is 0.